The second-order valence-corrected chi connectivity index (χ2v) is 6.38. The molecule has 0 radical (unpaired) electrons. The van der Waals surface area contributed by atoms with E-state index in [2.05, 4.69) is 5.32 Å². The third-order valence-corrected chi connectivity index (χ3v) is 3.71. The Bertz CT molecular complexity index is 524. The molecule has 0 aliphatic carbocycles. The van der Waals surface area contributed by atoms with Gasteiger partial charge in [0, 0.05) is 11.6 Å². The number of carbonyl (C=O) groups is 2. The Labute approximate surface area is 124 Å². The lowest BCUT2D eigenvalue weighted by atomic mass is 9.83. The molecule has 1 amide bonds. The number of hydrogen-bond acceptors (Lipinski definition) is 2. The van der Waals surface area contributed by atoms with E-state index in [0.717, 1.165) is 0 Å². The first kappa shape index (κ1) is 16.5. The minimum atomic E-state index is -1.01. The normalized spacial score (nSPS) is 12.1. The molecule has 1 aromatic rings. The van der Waals surface area contributed by atoms with E-state index in [1.807, 2.05) is 6.07 Å². The highest BCUT2D eigenvalue weighted by molar-refractivity contribution is 6.31. The van der Waals surface area contributed by atoms with Crippen molar-refractivity contribution in [2.24, 2.45) is 5.41 Å². The van der Waals surface area contributed by atoms with Crippen molar-refractivity contribution in [3.63, 3.8) is 0 Å². The highest BCUT2D eigenvalue weighted by Crippen LogP contribution is 2.30. The SMILES string of the molecule is CC(C)(CNC(=O)C(C)(C)c1ccccc1Cl)C(=O)O. The van der Waals surface area contributed by atoms with Gasteiger partial charge in [0.05, 0.1) is 10.8 Å². The molecular weight excluding hydrogens is 278 g/mol. The quantitative estimate of drug-likeness (QED) is 0.878. The van der Waals surface area contributed by atoms with Gasteiger partial charge in [-0.3, -0.25) is 9.59 Å². The Morgan fingerprint density at radius 1 is 1.20 bits per heavy atom. The number of carboxylic acid groups (broad SMARTS) is 1. The first-order valence-corrected chi connectivity index (χ1v) is 6.73. The molecule has 0 heterocycles. The maximum Gasteiger partial charge on any atom is 0.310 e. The summed E-state index contributed by atoms with van der Waals surface area (Å²) in [7, 11) is 0. The minimum absolute atomic E-state index is 0.0645. The summed E-state index contributed by atoms with van der Waals surface area (Å²) in [6.45, 7) is 6.72. The van der Waals surface area contributed by atoms with Gasteiger partial charge < -0.3 is 10.4 Å². The van der Waals surface area contributed by atoms with Crippen LogP contribution in [0.1, 0.15) is 33.3 Å². The van der Waals surface area contributed by atoms with Crippen molar-refractivity contribution in [2.45, 2.75) is 33.1 Å². The fourth-order valence-electron chi connectivity index (χ4n) is 1.69. The van der Waals surface area contributed by atoms with Crippen LogP contribution in [0.2, 0.25) is 5.02 Å². The molecule has 0 saturated carbocycles. The van der Waals surface area contributed by atoms with Gasteiger partial charge in [-0.2, -0.15) is 0 Å². The maximum absolute atomic E-state index is 12.3. The van der Waals surface area contributed by atoms with E-state index in [0.29, 0.717) is 10.6 Å². The van der Waals surface area contributed by atoms with Crippen LogP contribution < -0.4 is 5.32 Å². The summed E-state index contributed by atoms with van der Waals surface area (Å²) in [5.74, 6) is -1.20. The molecule has 0 spiro atoms. The average molecular weight is 298 g/mol. The molecule has 0 aliphatic heterocycles. The molecule has 0 atom stereocenters. The molecule has 0 unspecified atom stereocenters. The summed E-state index contributed by atoms with van der Waals surface area (Å²) in [5.41, 5.74) is -1.12. The van der Waals surface area contributed by atoms with Gasteiger partial charge in [0.15, 0.2) is 0 Å². The lowest BCUT2D eigenvalue weighted by molar-refractivity contribution is -0.146. The van der Waals surface area contributed by atoms with Crippen molar-refractivity contribution >= 4 is 23.5 Å². The summed E-state index contributed by atoms with van der Waals surface area (Å²) >= 11 is 6.12. The molecule has 5 heteroatoms. The highest BCUT2D eigenvalue weighted by atomic mass is 35.5. The molecule has 1 aromatic carbocycles. The fraction of sp³-hybridized carbons (Fsp3) is 0.467. The van der Waals surface area contributed by atoms with Crippen LogP contribution in [-0.2, 0) is 15.0 Å². The predicted molar refractivity (Wildman–Crippen MR) is 78.9 cm³/mol. The molecule has 0 saturated heterocycles. The van der Waals surface area contributed by atoms with Gasteiger partial charge in [0.2, 0.25) is 5.91 Å². The number of carbonyl (C=O) groups excluding carboxylic acids is 1. The number of aliphatic carboxylic acids is 1. The summed E-state index contributed by atoms with van der Waals surface area (Å²) < 4.78 is 0. The van der Waals surface area contributed by atoms with Crippen molar-refractivity contribution in [2.75, 3.05) is 6.54 Å². The number of hydrogen-bond donors (Lipinski definition) is 2. The number of rotatable bonds is 5. The van der Waals surface area contributed by atoms with Crippen molar-refractivity contribution in [3.8, 4) is 0 Å². The molecule has 0 fully saturated rings. The van der Waals surface area contributed by atoms with Crippen LogP contribution in [0.4, 0.5) is 0 Å². The van der Waals surface area contributed by atoms with Crippen molar-refractivity contribution < 1.29 is 14.7 Å². The molecule has 0 aromatic heterocycles. The summed E-state index contributed by atoms with van der Waals surface area (Å²) in [5, 5.41) is 12.3. The largest absolute Gasteiger partial charge is 0.481 e. The van der Waals surface area contributed by atoms with Crippen molar-refractivity contribution in [1.82, 2.24) is 5.32 Å². The summed E-state index contributed by atoms with van der Waals surface area (Å²) in [6.07, 6.45) is 0. The van der Waals surface area contributed by atoms with Gasteiger partial charge in [-0.25, -0.2) is 0 Å². The Morgan fingerprint density at radius 2 is 1.75 bits per heavy atom. The standard InChI is InChI=1S/C15H20ClNO3/c1-14(2,13(19)20)9-17-12(18)15(3,4)10-7-5-6-8-11(10)16/h5-8H,9H2,1-4H3,(H,17,18)(H,19,20). The van der Waals surface area contributed by atoms with Gasteiger partial charge in [-0.15, -0.1) is 0 Å². The molecule has 20 heavy (non-hydrogen) atoms. The third kappa shape index (κ3) is 3.51. The zero-order valence-electron chi connectivity index (χ0n) is 12.2. The first-order valence-electron chi connectivity index (χ1n) is 6.36. The van der Waals surface area contributed by atoms with Gasteiger partial charge in [0.25, 0.3) is 0 Å². The number of amides is 1. The van der Waals surface area contributed by atoms with E-state index in [4.69, 9.17) is 16.7 Å². The summed E-state index contributed by atoms with van der Waals surface area (Å²) in [4.78, 5) is 23.4. The van der Waals surface area contributed by atoms with Crippen LogP contribution in [0, 0.1) is 5.41 Å². The zero-order chi connectivity index (χ0) is 15.6. The van der Waals surface area contributed by atoms with Gasteiger partial charge in [0.1, 0.15) is 0 Å². The zero-order valence-corrected chi connectivity index (χ0v) is 12.9. The van der Waals surface area contributed by atoms with E-state index >= 15 is 0 Å². The monoisotopic (exact) mass is 297 g/mol. The molecule has 4 nitrogen and oxygen atoms in total. The summed E-state index contributed by atoms with van der Waals surface area (Å²) in [6, 6.07) is 7.14. The third-order valence-electron chi connectivity index (χ3n) is 3.38. The minimum Gasteiger partial charge on any atom is -0.481 e. The van der Waals surface area contributed by atoms with Crippen LogP contribution in [0.25, 0.3) is 0 Å². The number of nitrogens with one attached hydrogen (secondary N) is 1. The van der Waals surface area contributed by atoms with Gasteiger partial charge in [-0.05, 0) is 39.3 Å². The van der Waals surface area contributed by atoms with Crippen LogP contribution in [0.3, 0.4) is 0 Å². The highest BCUT2D eigenvalue weighted by Gasteiger charge is 2.34. The average Bonchev–Trinajstić information content (AvgIpc) is 2.36. The van der Waals surface area contributed by atoms with Crippen molar-refractivity contribution in [3.05, 3.63) is 34.9 Å². The van der Waals surface area contributed by atoms with Crippen LogP contribution in [0.15, 0.2) is 24.3 Å². The number of benzene rings is 1. The topological polar surface area (TPSA) is 66.4 Å². The Kier molecular flexibility index (Phi) is 4.81. The Morgan fingerprint density at radius 3 is 2.25 bits per heavy atom. The molecule has 0 bridgehead atoms. The maximum atomic E-state index is 12.3. The van der Waals surface area contributed by atoms with Crippen LogP contribution in [0.5, 0.6) is 0 Å². The van der Waals surface area contributed by atoms with Crippen molar-refractivity contribution in [1.29, 1.82) is 0 Å². The smallest absolute Gasteiger partial charge is 0.310 e. The second-order valence-electron chi connectivity index (χ2n) is 5.98. The van der Waals surface area contributed by atoms with E-state index in [1.165, 1.54) is 0 Å². The fourth-order valence-corrected chi connectivity index (χ4v) is 2.06. The molecule has 2 N–H and O–H groups in total. The van der Waals surface area contributed by atoms with Crippen LogP contribution in [-0.4, -0.2) is 23.5 Å². The van der Waals surface area contributed by atoms with E-state index in [1.54, 1.807) is 45.9 Å². The number of carboxylic acids is 1. The van der Waals surface area contributed by atoms with E-state index in [9.17, 15) is 9.59 Å². The lowest BCUT2D eigenvalue weighted by Crippen LogP contribution is -2.46. The second kappa shape index (κ2) is 5.83. The molecular formula is C15H20ClNO3. The Balaban J connectivity index is 2.87. The van der Waals surface area contributed by atoms with Gasteiger partial charge in [-0.1, -0.05) is 29.8 Å². The van der Waals surface area contributed by atoms with Crippen LogP contribution >= 0.6 is 11.6 Å². The lowest BCUT2D eigenvalue weighted by Gasteiger charge is -2.27. The predicted octanol–water partition coefficient (Wildman–Crippen LogP) is 2.84. The molecule has 1 rings (SSSR count). The first-order chi connectivity index (χ1) is 9.09. The van der Waals surface area contributed by atoms with Gasteiger partial charge >= 0.3 is 5.97 Å². The number of halogens is 1. The molecule has 0 aliphatic rings. The van der Waals surface area contributed by atoms with E-state index in [-0.39, 0.29) is 12.5 Å². The van der Waals surface area contributed by atoms with E-state index < -0.39 is 16.8 Å². The molecule has 110 valence electrons. The Hall–Kier alpha value is -1.55.